The Morgan fingerprint density at radius 3 is 2.74 bits per heavy atom. The minimum Gasteiger partial charge on any atom is -0.454 e. The number of thioether (sulfide) groups is 1. The van der Waals surface area contributed by atoms with Crippen LogP contribution < -0.4 is 14.8 Å². The van der Waals surface area contributed by atoms with E-state index in [2.05, 4.69) is 22.4 Å². The number of nitrogens with zero attached hydrogens (tertiary/aromatic N) is 2. The molecule has 1 N–H and O–H groups in total. The van der Waals surface area contributed by atoms with E-state index in [-0.39, 0.29) is 18.5 Å². The second-order valence-electron chi connectivity index (χ2n) is 5.83. The monoisotopic (exact) mass is 383 g/mol. The highest BCUT2D eigenvalue weighted by Gasteiger charge is 2.17. The van der Waals surface area contributed by atoms with Crippen LogP contribution in [0.2, 0.25) is 0 Å². The first kappa shape index (κ1) is 17.4. The summed E-state index contributed by atoms with van der Waals surface area (Å²) in [5.74, 6) is 1.75. The predicted molar refractivity (Wildman–Crippen MR) is 101 cm³/mol. The summed E-state index contributed by atoms with van der Waals surface area (Å²) >= 11 is 1.19. The molecule has 1 aliphatic rings. The zero-order valence-corrected chi connectivity index (χ0v) is 15.4. The van der Waals surface area contributed by atoms with Gasteiger partial charge in [0.2, 0.25) is 18.6 Å². The van der Waals surface area contributed by atoms with Crippen LogP contribution in [-0.4, -0.2) is 28.7 Å². The van der Waals surface area contributed by atoms with Crippen LogP contribution in [0.1, 0.15) is 12.5 Å². The van der Waals surface area contributed by atoms with Crippen molar-refractivity contribution >= 4 is 23.4 Å². The fraction of sp³-hybridized carbons (Fsp3) is 0.211. The number of carbonyl (C=O) groups excluding carboxylic acids is 1. The summed E-state index contributed by atoms with van der Waals surface area (Å²) in [7, 11) is 0. The predicted octanol–water partition coefficient (Wildman–Crippen LogP) is 3.76. The van der Waals surface area contributed by atoms with Crippen LogP contribution in [-0.2, 0) is 11.2 Å². The molecule has 0 fully saturated rings. The Morgan fingerprint density at radius 2 is 1.93 bits per heavy atom. The van der Waals surface area contributed by atoms with Crippen molar-refractivity contribution in [3.63, 3.8) is 0 Å². The van der Waals surface area contributed by atoms with E-state index < -0.39 is 0 Å². The average molecular weight is 383 g/mol. The van der Waals surface area contributed by atoms with Gasteiger partial charge in [0, 0.05) is 11.3 Å². The third kappa shape index (κ3) is 4.06. The van der Waals surface area contributed by atoms with Gasteiger partial charge in [0.05, 0.1) is 5.75 Å². The van der Waals surface area contributed by atoms with Gasteiger partial charge in [-0.2, -0.15) is 0 Å². The van der Waals surface area contributed by atoms with Crippen molar-refractivity contribution in [1.82, 2.24) is 10.2 Å². The summed E-state index contributed by atoms with van der Waals surface area (Å²) in [5, 5.41) is 11.2. The number of nitrogens with one attached hydrogen (secondary N) is 1. The number of benzene rings is 2. The van der Waals surface area contributed by atoms with E-state index >= 15 is 0 Å². The molecule has 0 saturated carbocycles. The van der Waals surface area contributed by atoms with Gasteiger partial charge in [0.15, 0.2) is 11.5 Å². The van der Waals surface area contributed by atoms with Gasteiger partial charge in [0.25, 0.3) is 5.22 Å². The SMILES string of the molecule is CCc1ccc(NC(=O)CSc2nnc(-c3ccc4c(c3)OCO4)o2)cc1. The molecular formula is C19H17N3O4S. The minimum absolute atomic E-state index is 0.132. The molecule has 0 spiro atoms. The van der Waals surface area contributed by atoms with Crippen molar-refractivity contribution in [3.05, 3.63) is 48.0 Å². The zero-order valence-electron chi connectivity index (χ0n) is 14.6. The fourth-order valence-corrected chi connectivity index (χ4v) is 3.13. The van der Waals surface area contributed by atoms with Crippen LogP contribution >= 0.6 is 11.8 Å². The highest BCUT2D eigenvalue weighted by Crippen LogP contribution is 2.36. The van der Waals surface area contributed by atoms with Gasteiger partial charge < -0.3 is 19.2 Å². The van der Waals surface area contributed by atoms with Crippen LogP contribution in [0.5, 0.6) is 11.5 Å². The molecular weight excluding hydrogens is 366 g/mol. The molecule has 138 valence electrons. The van der Waals surface area contributed by atoms with E-state index in [0.29, 0.717) is 22.6 Å². The second-order valence-corrected chi connectivity index (χ2v) is 6.76. The standard InChI is InChI=1S/C19H17N3O4S/c1-2-12-3-6-14(7-4-12)20-17(23)10-27-19-22-21-18(26-19)13-5-8-15-16(9-13)25-11-24-15/h3-9H,2,10-11H2,1H3,(H,20,23). The summed E-state index contributed by atoms with van der Waals surface area (Å²) in [5.41, 5.74) is 2.73. The molecule has 1 aliphatic heterocycles. The topological polar surface area (TPSA) is 86.5 Å². The molecule has 7 nitrogen and oxygen atoms in total. The lowest BCUT2D eigenvalue weighted by Crippen LogP contribution is -2.13. The molecule has 3 aromatic rings. The number of ether oxygens (including phenoxy) is 2. The molecule has 2 heterocycles. The van der Waals surface area contributed by atoms with Gasteiger partial charge in [-0.05, 0) is 42.3 Å². The molecule has 27 heavy (non-hydrogen) atoms. The third-order valence-electron chi connectivity index (χ3n) is 4.00. The van der Waals surface area contributed by atoms with Crippen molar-refractivity contribution in [2.24, 2.45) is 0 Å². The summed E-state index contributed by atoms with van der Waals surface area (Å²) in [6.45, 7) is 2.30. The smallest absolute Gasteiger partial charge is 0.277 e. The number of hydrogen-bond acceptors (Lipinski definition) is 7. The summed E-state index contributed by atoms with van der Waals surface area (Å²) in [4.78, 5) is 12.1. The molecule has 0 unspecified atom stereocenters. The van der Waals surface area contributed by atoms with Crippen LogP contribution in [0.15, 0.2) is 52.1 Å². The molecule has 1 aromatic heterocycles. The van der Waals surface area contributed by atoms with Gasteiger partial charge in [-0.3, -0.25) is 4.79 Å². The van der Waals surface area contributed by atoms with Crippen LogP contribution in [0.4, 0.5) is 5.69 Å². The van der Waals surface area contributed by atoms with Crippen molar-refractivity contribution in [1.29, 1.82) is 0 Å². The number of aryl methyl sites for hydroxylation is 1. The first-order valence-corrected chi connectivity index (χ1v) is 9.45. The van der Waals surface area contributed by atoms with Crippen molar-refractivity contribution in [3.8, 4) is 23.0 Å². The fourth-order valence-electron chi connectivity index (χ4n) is 2.56. The highest BCUT2D eigenvalue weighted by molar-refractivity contribution is 7.99. The molecule has 0 bridgehead atoms. The summed E-state index contributed by atoms with van der Waals surface area (Å²) < 4.78 is 16.3. The molecule has 0 saturated heterocycles. The number of hydrogen-bond donors (Lipinski definition) is 1. The normalized spacial score (nSPS) is 12.2. The van der Waals surface area contributed by atoms with E-state index in [0.717, 1.165) is 17.7 Å². The Balaban J connectivity index is 1.34. The first-order chi connectivity index (χ1) is 13.2. The second kappa shape index (κ2) is 7.71. The number of aromatic nitrogens is 2. The van der Waals surface area contributed by atoms with E-state index in [9.17, 15) is 4.79 Å². The van der Waals surface area contributed by atoms with Gasteiger partial charge in [-0.25, -0.2) is 0 Å². The molecule has 0 aliphatic carbocycles. The Morgan fingerprint density at radius 1 is 1.11 bits per heavy atom. The number of rotatable bonds is 6. The quantitative estimate of drug-likeness (QED) is 0.649. The van der Waals surface area contributed by atoms with Crippen LogP contribution in [0.3, 0.4) is 0 Å². The van der Waals surface area contributed by atoms with Gasteiger partial charge in [-0.15, -0.1) is 10.2 Å². The van der Waals surface area contributed by atoms with Crippen molar-refractivity contribution in [2.45, 2.75) is 18.6 Å². The maximum atomic E-state index is 12.1. The van der Waals surface area contributed by atoms with Gasteiger partial charge in [0.1, 0.15) is 0 Å². The van der Waals surface area contributed by atoms with Crippen molar-refractivity contribution < 1.29 is 18.7 Å². The van der Waals surface area contributed by atoms with E-state index in [1.165, 1.54) is 17.3 Å². The van der Waals surface area contributed by atoms with Crippen molar-refractivity contribution in [2.75, 3.05) is 17.9 Å². The third-order valence-corrected chi connectivity index (χ3v) is 4.82. The number of amides is 1. The molecule has 1 amide bonds. The highest BCUT2D eigenvalue weighted by atomic mass is 32.2. The molecule has 2 aromatic carbocycles. The molecule has 0 radical (unpaired) electrons. The lowest BCUT2D eigenvalue weighted by molar-refractivity contribution is -0.113. The Kier molecular flexibility index (Phi) is 4.97. The average Bonchev–Trinajstić information content (AvgIpc) is 3.35. The lowest BCUT2D eigenvalue weighted by Gasteiger charge is -2.04. The van der Waals surface area contributed by atoms with Crippen LogP contribution in [0.25, 0.3) is 11.5 Å². The number of fused-ring (bicyclic) bond motifs is 1. The minimum atomic E-state index is -0.132. The zero-order chi connectivity index (χ0) is 18.6. The maximum Gasteiger partial charge on any atom is 0.277 e. The Labute approximate surface area is 160 Å². The Hall–Kier alpha value is -3.00. The van der Waals surface area contributed by atoms with Gasteiger partial charge in [-0.1, -0.05) is 30.8 Å². The first-order valence-electron chi connectivity index (χ1n) is 8.46. The maximum absolute atomic E-state index is 12.1. The van der Waals surface area contributed by atoms with E-state index in [1.807, 2.05) is 30.3 Å². The van der Waals surface area contributed by atoms with E-state index in [1.54, 1.807) is 12.1 Å². The summed E-state index contributed by atoms with van der Waals surface area (Å²) in [6.07, 6.45) is 0.965. The van der Waals surface area contributed by atoms with Crippen LogP contribution in [0, 0.1) is 0 Å². The van der Waals surface area contributed by atoms with E-state index in [4.69, 9.17) is 13.9 Å². The number of anilines is 1. The largest absolute Gasteiger partial charge is 0.454 e. The lowest BCUT2D eigenvalue weighted by atomic mass is 10.1. The Bertz CT molecular complexity index is 956. The van der Waals surface area contributed by atoms with Gasteiger partial charge >= 0.3 is 0 Å². The summed E-state index contributed by atoms with van der Waals surface area (Å²) in [6, 6.07) is 13.2. The molecule has 8 heteroatoms. The molecule has 0 atom stereocenters. The molecule has 4 rings (SSSR count). The number of carbonyl (C=O) groups is 1.